The fourth-order valence-corrected chi connectivity index (χ4v) is 4.51. The van der Waals surface area contributed by atoms with E-state index < -0.39 is 24.3 Å². The van der Waals surface area contributed by atoms with Crippen LogP contribution < -0.4 is 4.74 Å². The first kappa shape index (κ1) is 22.9. The number of ether oxygens (including phenoxy) is 1. The number of halogens is 2. The van der Waals surface area contributed by atoms with Gasteiger partial charge in [-0.2, -0.15) is 0 Å². The number of rotatable bonds is 7. The Morgan fingerprint density at radius 1 is 1.33 bits per heavy atom. The van der Waals surface area contributed by atoms with Crippen molar-refractivity contribution >= 4 is 16.9 Å². The van der Waals surface area contributed by atoms with Crippen molar-refractivity contribution in [3.63, 3.8) is 0 Å². The number of alkyl halides is 2. The number of aromatic carboxylic acids is 1. The Morgan fingerprint density at radius 3 is 2.79 bits per heavy atom. The van der Waals surface area contributed by atoms with Crippen LogP contribution in [0.1, 0.15) is 33.2 Å². The van der Waals surface area contributed by atoms with Gasteiger partial charge in [-0.1, -0.05) is 0 Å². The molecule has 0 radical (unpaired) electrons. The molecule has 0 amide bonds. The van der Waals surface area contributed by atoms with Gasteiger partial charge in [0.25, 0.3) is 6.43 Å². The molecule has 33 heavy (non-hydrogen) atoms. The quantitative estimate of drug-likeness (QED) is 0.497. The van der Waals surface area contributed by atoms with Gasteiger partial charge in [-0.15, -0.1) is 0 Å². The molecule has 1 aliphatic heterocycles. The maximum absolute atomic E-state index is 13.1. The molecule has 0 bridgehead atoms. The van der Waals surface area contributed by atoms with E-state index in [2.05, 4.69) is 14.9 Å². The third-order valence-corrected chi connectivity index (χ3v) is 6.13. The van der Waals surface area contributed by atoms with Crippen molar-refractivity contribution in [2.24, 2.45) is 0 Å². The summed E-state index contributed by atoms with van der Waals surface area (Å²) in [6.07, 6.45) is -0.604. The van der Waals surface area contributed by atoms with Gasteiger partial charge >= 0.3 is 5.97 Å². The number of aromatic nitrogens is 2. The summed E-state index contributed by atoms with van der Waals surface area (Å²) < 4.78 is 31.8. The van der Waals surface area contributed by atoms with Crippen LogP contribution in [-0.4, -0.2) is 75.7 Å². The number of methoxy groups -OCH3 is 1. The van der Waals surface area contributed by atoms with Crippen LogP contribution in [0.15, 0.2) is 30.5 Å². The molecule has 176 valence electrons. The summed E-state index contributed by atoms with van der Waals surface area (Å²) in [5.74, 6) is -1.15. The number of hydrogen-bond donors (Lipinski definition) is 3. The molecule has 1 aromatic carbocycles. The minimum Gasteiger partial charge on any atom is -0.496 e. The van der Waals surface area contributed by atoms with Gasteiger partial charge in [0.05, 0.1) is 25.4 Å². The summed E-state index contributed by atoms with van der Waals surface area (Å²) in [5, 5.41) is 20.3. The molecular formula is C23H26F2N4O4. The molecular weight excluding hydrogens is 434 g/mol. The summed E-state index contributed by atoms with van der Waals surface area (Å²) >= 11 is 0. The Kier molecular flexibility index (Phi) is 6.48. The van der Waals surface area contributed by atoms with E-state index in [4.69, 9.17) is 4.74 Å². The van der Waals surface area contributed by atoms with Gasteiger partial charge in [-0.25, -0.2) is 18.6 Å². The number of carbonyl (C=O) groups is 1. The van der Waals surface area contributed by atoms with E-state index in [1.54, 1.807) is 12.0 Å². The zero-order valence-electron chi connectivity index (χ0n) is 18.4. The van der Waals surface area contributed by atoms with Crippen molar-refractivity contribution in [3.8, 4) is 11.6 Å². The molecule has 10 heteroatoms. The van der Waals surface area contributed by atoms with Crippen LogP contribution in [0.25, 0.3) is 10.9 Å². The number of benzene rings is 1. The highest BCUT2D eigenvalue weighted by molar-refractivity contribution is 5.90. The van der Waals surface area contributed by atoms with Gasteiger partial charge in [-0.05, 0) is 36.8 Å². The Bertz CT molecular complexity index is 1170. The Morgan fingerprint density at radius 2 is 2.12 bits per heavy atom. The maximum atomic E-state index is 13.1. The van der Waals surface area contributed by atoms with Gasteiger partial charge in [0.2, 0.25) is 5.88 Å². The van der Waals surface area contributed by atoms with Gasteiger partial charge < -0.3 is 19.9 Å². The third kappa shape index (κ3) is 4.62. The lowest BCUT2D eigenvalue weighted by atomic mass is 10.0. The van der Waals surface area contributed by atoms with E-state index >= 15 is 0 Å². The van der Waals surface area contributed by atoms with Crippen LogP contribution in [0.4, 0.5) is 8.78 Å². The number of fused-ring (bicyclic) bond motifs is 1. The van der Waals surface area contributed by atoms with Crippen LogP contribution in [0.2, 0.25) is 0 Å². The fourth-order valence-electron chi connectivity index (χ4n) is 4.51. The van der Waals surface area contributed by atoms with Crippen LogP contribution in [0.5, 0.6) is 11.6 Å². The molecule has 1 fully saturated rings. The average Bonchev–Trinajstić information content (AvgIpc) is 3.26. The summed E-state index contributed by atoms with van der Waals surface area (Å²) in [6.45, 7) is 3.31. The van der Waals surface area contributed by atoms with Crippen LogP contribution in [0.3, 0.4) is 0 Å². The minimum absolute atomic E-state index is 0.271. The van der Waals surface area contributed by atoms with Crippen molar-refractivity contribution < 1.29 is 28.5 Å². The van der Waals surface area contributed by atoms with Gasteiger partial charge in [0, 0.05) is 48.8 Å². The molecule has 4 rings (SSSR count). The number of nitrogens with one attached hydrogen (secondary N) is 1. The second-order valence-electron chi connectivity index (χ2n) is 8.19. The average molecular weight is 460 g/mol. The first-order valence-electron chi connectivity index (χ1n) is 10.6. The number of carboxylic acid groups (broad SMARTS) is 1. The number of hydrogen-bond acceptors (Lipinski definition) is 6. The Hall–Kier alpha value is -3.24. The Labute approximate surface area is 189 Å². The number of aromatic amines is 1. The minimum atomic E-state index is -2.47. The molecule has 0 saturated carbocycles. The molecule has 0 aliphatic carbocycles. The molecule has 8 nitrogen and oxygen atoms in total. The summed E-state index contributed by atoms with van der Waals surface area (Å²) in [7, 11) is 1.61. The number of carboxylic acids is 1. The number of aryl methyl sites for hydroxylation is 1. The predicted molar refractivity (Wildman–Crippen MR) is 118 cm³/mol. The van der Waals surface area contributed by atoms with Gasteiger partial charge in [-0.3, -0.25) is 9.80 Å². The van der Waals surface area contributed by atoms with E-state index in [-0.39, 0.29) is 18.7 Å². The topological polar surface area (TPSA) is 102 Å². The molecule has 1 atom stereocenters. The van der Waals surface area contributed by atoms with E-state index in [1.807, 2.05) is 25.3 Å². The van der Waals surface area contributed by atoms with E-state index in [1.165, 1.54) is 12.1 Å². The molecule has 0 unspecified atom stereocenters. The molecule has 1 aliphatic rings. The monoisotopic (exact) mass is 460 g/mol. The Balaban J connectivity index is 1.71. The molecule has 3 aromatic rings. The van der Waals surface area contributed by atoms with Crippen molar-refractivity contribution in [1.82, 2.24) is 19.8 Å². The lowest BCUT2D eigenvalue weighted by Gasteiger charge is -2.41. The third-order valence-electron chi connectivity index (χ3n) is 6.13. The molecule has 0 spiro atoms. The maximum Gasteiger partial charge on any atom is 0.341 e. The van der Waals surface area contributed by atoms with E-state index in [9.17, 15) is 23.8 Å². The largest absolute Gasteiger partial charge is 0.496 e. The van der Waals surface area contributed by atoms with Gasteiger partial charge in [0.1, 0.15) is 11.3 Å². The van der Waals surface area contributed by atoms with Crippen molar-refractivity contribution in [1.29, 1.82) is 0 Å². The van der Waals surface area contributed by atoms with Crippen LogP contribution in [-0.2, 0) is 6.54 Å². The second-order valence-corrected chi connectivity index (χ2v) is 8.19. The molecule has 3 N–H and O–H groups in total. The summed E-state index contributed by atoms with van der Waals surface area (Å²) in [4.78, 5) is 22.4. The molecule has 1 saturated heterocycles. The highest BCUT2D eigenvalue weighted by atomic mass is 19.3. The zero-order chi connectivity index (χ0) is 23.7. The number of pyridine rings is 1. The number of nitrogens with zero attached hydrogens (tertiary/aromatic N) is 3. The number of H-pyrrole nitrogens is 1. The molecule has 2 aromatic heterocycles. The number of aromatic hydroxyl groups is 1. The van der Waals surface area contributed by atoms with Crippen LogP contribution in [0, 0.1) is 6.92 Å². The van der Waals surface area contributed by atoms with Crippen molar-refractivity contribution in [3.05, 3.63) is 52.8 Å². The van der Waals surface area contributed by atoms with E-state index in [0.717, 1.165) is 27.8 Å². The second kappa shape index (κ2) is 9.32. The smallest absolute Gasteiger partial charge is 0.341 e. The van der Waals surface area contributed by atoms with Crippen molar-refractivity contribution in [2.75, 3.05) is 33.3 Å². The summed E-state index contributed by atoms with van der Waals surface area (Å²) in [6, 6.07) is 6.34. The highest BCUT2D eigenvalue weighted by Gasteiger charge is 2.32. The molecule has 3 heterocycles. The summed E-state index contributed by atoms with van der Waals surface area (Å²) in [5.41, 5.74) is 3.12. The fraction of sp³-hybridized carbons (Fsp3) is 0.391. The van der Waals surface area contributed by atoms with E-state index in [0.29, 0.717) is 25.3 Å². The first-order chi connectivity index (χ1) is 15.8. The predicted octanol–water partition coefficient (Wildman–Crippen LogP) is 3.41. The zero-order valence-corrected chi connectivity index (χ0v) is 18.4. The number of piperazine rings is 1. The lowest BCUT2D eigenvalue weighted by Crippen LogP contribution is -2.49. The normalized spacial score (nSPS) is 17.7. The first-order valence-corrected chi connectivity index (χ1v) is 10.6. The van der Waals surface area contributed by atoms with Crippen molar-refractivity contribution in [2.45, 2.75) is 25.9 Å². The lowest BCUT2D eigenvalue weighted by molar-refractivity contribution is 0.0231. The van der Waals surface area contributed by atoms with Gasteiger partial charge in [0.15, 0.2) is 0 Å². The standard InChI is InChI=1S/C23H26F2N4O4/c1-13-9-19(33-2)16(14-5-6-26-21(13)14)10-29-8-7-28(12-20(24)25)11-18(29)17-4-3-15(23(31)32)22(30)27-17/h3-6,9,18,20,26H,7-8,10-12H2,1-2H3,(H,27,30)(H,31,32)/t18-/m0/s1. The SMILES string of the molecule is COc1cc(C)c2[nH]ccc2c1CN1CCN(CC(F)F)C[C@H]1c1ccc(C(=O)O)c(O)n1. The highest BCUT2D eigenvalue weighted by Crippen LogP contribution is 2.35. The van der Waals surface area contributed by atoms with Crippen LogP contribution >= 0.6 is 0 Å².